The number of para-hydroxylation sites is 2. The van der Waals surface area contributed by atoms with Crippen LogP contribution in [0.5, 0.6) is 0 Å². The van der Waals surface area contributed by atoms with Crippen LogP contribution < -0.4 is 5.32 Å². The first-order chi connectivity index (χ1) is 13.3. The molecule has 5 rings (SSSR count). The van der Waals surface area contributed by atoms with Crippen molar-refractivity contribution in [2.45, 2.75) is 6.54 Å². The van der Waals surface area contributed by atoms with Crippen LogP contribution in [0.3, 0.4) is 0 Å². The van der Waals surface area contributed by atoms with E-state index in [0.717, 1.165) is 27.4 Å². The molecular weight excluding hydrogens is 376 g/mol. The van der Waals surface area contributed by atoms with Crippen molar-refractivity contribution in [3.8, 4) is 10.6 Å². The molecule has 0 aliphatic carbocycles. The van der Waals surface area contributed by atoms with E-state index in [0.29, 0.717) is 12.2 Å². The molecule has 0 unspecified atom stereocenters. The summed E-state index contributed by atoms with van der Waals surface area (Å²) < 4.78 is 1.22. The number of thiazole rings is 1. The Balaban J connectivity index is 1.34. The maximum atomic E-state index is 12.5. The van der Waals surface area contributed by atoms with Crippen LogP contribution in [0.25, 0.3) is 31.7 Å². The number of amides is 1. The lowest BCUT2D eigenvalue weighted by molar-refractivity contribution is 0.0946. The molecule has 3 heterocycles. The van der Waals surface area contributed by atoms with Gasteiger partial charge in [0.15, 0.2) is 0 Å². The van der Waals surface area contributed by atoms with Crippen molar-refractivity contribution in [2.24, 2.45) is 0 Å². The Bertz CT molecular complexity index is 1230. The topological polar surface area (TPSA) is 70.7 Å². The van der Waals surface area contributed by atoms with Crippen molar-refractivity contribution >= 4 is 49.7 Å². The highest BCUT2D eigenvalue weighted by molar-refractivity contribution is 7.19. The first-order valence-corrected chi connectivity index (χ1v) is 10.2. The zero-order valence-electron chi connectivity index (χ0n) is 14.1. The quantitative estimate of drug-likeness (QED) is 0.462. The maximum absolute atomic E-state index is 12.5. The van der Waals surface area contributed by atoms with E-state index in [1.54, 1.807) is 16.7 Å². The summed E-state index contributed by atoms with van der Waals surface area (Å²) in [5.74, 6) is 0.529. The zero-order chi connectivity index (χ0) is 18.2. The lowest BCUT2D eigenvalue weighted by Gasteiger charge is -2.00. The van der Waals surface area contributed by atoms with Crippen LogP contribution in [0.4, 0.5) is 0 Å². The van der Waals surface area contributed by atoms with Gasteiger partial charge in [0, 0.05) is 26.4 Å². The van der Waals surface area contributed by atoms with Crippen LogP contribution in [0.2, 0.25) is 0 Å². The van der Waals surface area contributed by atoms with Gasteiger partial charge in [0.05, 0.1) is 17.6 Å². The molecule has 7 heteroatoms. The Labute approximate surface area is 162 Å². The number of carbonyl (C=O) groups excluding carboxylic acids is 1. The number of H-pyrrole nitrogens is 1. The number of hydrogen-bond acceptors (Lipinski definition) is 5. The van der Waals surface area contributed by atoms with Crippen LogP contribution in [-0.2, 0) is 6.54 Å². The number of benzene rings is 2. The highest BCUT2D eigenvalue weighted by Crippen LogP contribution is 2.35. The average molecular weight is 390 g/mol. The Morgan fingerprint density at radius 2 is 1.85 bits per heavy atom. The average Bonchev–Trinajstić information content (AvgIpc) is 3.42. The zero-order valence-corrected chi connectivity index (χ0v) is 15.7. The van der Waals surface area contributed by atoms with Gasteiger partial charge >= 0.3 is 0 Å². The van der Waals surface area contributed by atoms with E-state index in [9.17, 15) is 4.79 Å². The molecule has 132 valence electrons. The molecular formula is C20H14N4OS2. The van der Waals surface area contributed by atoms with E-state index in [4.69, 9.17) is 0 Å². The Hall–Kier alpha value is -3.03. The molecule has 0 aliphatic rings. The SMILES string of the molecule is O=C(NCc1nc2ccccc2[nH]1)c1csc(-c2csc3ccccc23)n1. The highest BCUT2D eigenvalue weighted by Gasteiger charge is 2.15. The molecule has 2 aromatic carbocycles. The molecule has 3 aromatic heterocycles. The molecule has 0 spiro atoms. The standard InChI is InChI=1S/C20H14N4OS2/c25-19(21-9-18-22-14-6-2-3-7-15(14)23-18)16-11-27-20(24-16)13-10-26-17-8-4-1-5-12(13)17/h1-8,10-11H,9H2,(H,21,25)(H,22,23). The molecule has 0 radical (unpaired) electrons. The molecule has 0 aliphatic heterocycles. The summed E-state index contributed by atoms with van der Waals surface area (Å²) in [6.07, 6.45) is 0. The van der Waals surface area contributed by atoms with Gasteiger partial charge in [-0.15, -0.1) is 22.7 Å². The summed E-state index contributed by atoms with van der Waals surface area (Å²) in [7, 11) is 0. The Morgan fingerprint density at radius 1 is 1.00 bits per heavy atom. The van der Waals surface area contributed by atoms with E-state index in [2.05, 4.69) is 37.8 Å². The lowest BCUT2D eigenvalue weighted by Crippen LogP contribution is -2.23. The number of imidazole rings is 1. The van der Waals surface area contributed by atoms with Gasteiger partial charge in [-0.2, -0.15) is 0 Å². The fourth-order valence-corrected chi connectivity index (χ4v) is 4.84. The monoisotopic (exact) mass is 390 g/mol. The maximum Gasteiger partial charge on any atom is 0.271 e. The molecule has 5 nitrogen and oxygen atoms in total. The molecule has 27 heavy (non-hydrogen) atoms. The largest absolute Gasteiger partial charge is 0.343 e. The first-order valence-electron chi connectivity index (χ1n) is 8.42. The molecule has 2 N–H and O–H groups in total. The van der Waals surface area contributed by atoms with E-state index in [1.807, 2.05) is 36.4 Å². The molecule has 0 bridgehead atoms. The van der Waals surface area contributed by atoms with E-state index < -0.39 is 0 Å². The lowest BCUT2D eigenvalue weighted by atomic mass is 10.2. The predicted octanol–water partition coefficient (Wildman–Crippen LogP) is 4.83. The number of nitrogens with zero attached hydrogens (tertiary/aromatic N) is 2. The number of fused-ring (bicyclic) bond motifs is 2. The van der Waals surface area contributed by atoms with Crippen LogP contribution in [0.1, 0.15) is 16.3 Å². The van der Waals surface area contributed by atoms with Gasteiger partial charge < -0.3 is 10.3 Å². The smallest absolute Gasteiger partial charge is 0.271 e. The van der Waals surface area contributed by atoms with E-state index in [1.165, 1.54) is 21.4 Å². The second kappa shape index (κ2) is 6.61. The van der Waals surface area contributed by atoms with Crippen molar-refractivity contribution < 1.29 is 4.79 Å². The molecule has 0 atom stereocenters. The predicted molar refractivity (Wildman–Crippen MR) is 110 cm³/mol. The third-order valence-electron chi connectivity index (χ3n) is 4.30. The van der Waals surface area contributed by atoms with Gasteiger partial charge in [0.2, 0.25) is 0 Å². The Morgan fingerprint density at radius 3 is 2.78 bits per heavy atom. The van der Waals surface area contributed by atoms with Crippen LogP contribution in [-0.4, -0.2) is 20.9 Å². The minimum Gasteiger partial charge on any atom is -0.343 e. The summed E-state index contributed by atoms with van der Waals surface area (Å²) in [6, 6.07) is 16.0. The van der Waals surface area contributed by atoms with Crippen LogP contribution in [0, 0.1) is 0 Å². The normalized spacial score (nSPS) is 11.3. The van der Waals surface area contributed by atoms with Crippen molar-refractivity contribution in [3.05, 3.63) is 70.8 Å². The van der Waals surface area contributed by atoms with Gasteiger partial charge in [0.1, 0.15) is 16.5 Å². The number of aromatic amines is 1. The number of rotatable bonds is 4. The highest BCUT2D eigenvalue weighted by atomic mass is 32.1. The molecule has 5 aromatic rings. The minimum absolute atomic E-state index is 0.197. The number of thiophene rings is 1. The van der Waals surface area contributed by atoms with Crippen LogP contribution in [0.15, 0.2) is 59.3 Å². The van der Waals surface area contributed by atoms with Crippen molar-refractivity contribution in [1.29, 1.82) is 0 Å². The minimum atomic E-state index is -0.197. The summed E-state index contributed by atoms with van der Waals surface area (Å²) >= 11 is 3.18. The van der Waals surface area contributed by atoms with Gasteiger partial charge in [0.25, 0.3) is 5.91 Å². The second-order valence-corrected chi connectivity index (χ2v) is 7.84. The summed E-state index contributed by atoms with van der Waals surface area (Å²) in [4.78, 5) is 24.7. The number of aromatic nitrogens is 3. The third-order valence-corrected chi connectivity index (χ3v) is 6.14. The van der Waals surface area contributed by atoms with Crippen molar-refractivity contribution in [2.75, 3.05) is 0 Å². The molecule has 1 amide bonds. The molecule has 0 saturated heterocycles. The van der Waals surface area contributed by atoms with E-state index >= 15 is 0 Å². The second-order valence-electron chi connectivity index (χ2n) is 6.07. The fraction of sp³-hybridized carbons (Fsp3) is 0.0500. The summed E-state index contributed by atoms with van der Waals surface area (Å²) in [5.41, 5.74) is 3.36. The van der Waals surface area contributed by atoms with Gasteiger partial charge in [-0.05, 0) is 18.2 Å². The molecule has 0 fully saturated rings. The number of hydrogen-bond donors (Lipinski definition) is 2. The fourth-order valence-electron chi connectivity index (χ4n) is 2.99. The van der Waals surface area contributed by atoms with Crippen LogP contribution >= 0.6 is 22.7 Å². The van der Waals surface area contributed by atoms with Gasteiger partial charge in [-0.1, -0.05) is 30.3 Å². The molecule has 0 saturated carbocycles. The Kier molecular flexibility index (Phi) is 3.95. The summed E-state index contributed by atoms with van der Waals surface area (Å²) in [6.45, 7) is 0.335. The van der Waals surface area contributed by atoms with Crippen molar-refractivity contribution in [3.63, 3.8) is 0 Å². The van der Waals surface area contributed by atoms with E-state index in [-0.39, 0.29) is 5.91 Å². The first kappa shape index (κ1) is 16.2. The number of nitrogens with one attached hydrogen (secondary N) is 2. The third kappa shape index (κ3) is 3.01. The number of carbonyl (C=O) groups is 1. The van der Waals surface area contributed by atoms with Gasteiger partial charge in [-0.3, -0.25) is 4.79 Å². The van der Waals surface area contributed by atoms with Crippen molar-refractivity contribution in [1.82, 2.24) is 20.3 Å². The van der Waals surface area contributed by atoms with Gasteiger partial charge in [-0.25, -0.2) is 9.97 Å². The summed E-state index contributed by atoms with van der Waals surface area (Å²) in [5, 5.41) is 8.82.